The van der Waals surface area contributed by atoms with Crippen molar-refractivity contribution < 1.29 is 8.42 Å². The van der Waals surface area contributed by atoms with Crippen molar-refractivity contribution in [1.82, 2.24) is 9.62 Å². The Balaban J connectivity index is 2.73. The Hall–Kier alpha value is 0.220. The van der Waals surface area contributed by atoms with Gasteiger partial charge in [0.1, 0.15) is 0 Å². The lowest BCUT2D eigenvalue weighted by Crippen LogP contribution is -2.48. The van der Waals surface area contributed by atoms with Gasteiger partial charge in [0.25, 0.3) is 0 Å². The van der Waals surface area contributed by atoms with Crippen LogP contribution in [0.5, 0.6) is 0 Å². The smallest absolute Gasteiger partial charge is 0.218 e. The predicted molar refractivity (Wildman–Crippen MR) is 75.0 cm³/mol. The molecule has 0 bridgehead atoms. The Morgan fingerprint density at radius 3 is 2.71 bits per heavy atom. The van der Waals surface area contributed by atoms with Crippen molar-refractivity contribution in [1.29, 1.82) is 0 Å². The Bertz CT molecular complexity index is 313. The van der Waals surface area contributed by atoms with Gasteiger partial charge in [-0.1, -0.05) is 6.92 Å². The molecule has 102 valence electrons. The van der Waals surface area contributed by atoms with Crippen LogP contribution in [0.2, 0.25) is 0 Å². The van der Waals surface area contributed by atoms with Gasteiger partial charge in [0, 0.05) is 25.4 Å². The average Bonchev–Trinajstić information content (AvgIpc) is 2.36. The zero-order valence-corrected chi connectivity index (χ0v) is 12.6. The van der Waals surface area contributed by atoms with Crippen molar-refractivity contribution >= 4 is 21.8 Å². The fourth-order valence-electron chi connectivity index (χ4n) is 2.19. The van der Waals surface area contributed by atoms with E-state index in [-0.39, 0.29) is 11.3 Å². The van der Waals surface area contributed by atoms with Gasteiger partial charge in [-0.05, 0) is 32.1 Å². The van der Waals surface area contributed by atoms with Gasteiger partial charge in [0.05, 0.1) is 5.25 Å². The molecule has 6 heteroatoms. The van der Waals surface area contributed by atoms with Crippen LogP contribution in [0.25, 0.3) is 0 Å². The normalized spacial score (nSPS) is 23.9. The minimum atomic E-state index is -3.14. The molecule has 4 nitrogen and oxygen atoms in total. The third-order valence-electron chi connectivity index (χ3n) is 3.42. The van der Waals surface area contributed by atoms with Crippen LogP contribution >= 0.6 is 11.8 Å². The van der Waals surface area contributed by atoms with Crippen LogP contribution < -0.4 is 5.32 Å². The fraction of sp³-hybridized carbons (Fsp3) is 1.00. The van der Waals surface area contributed by atoms with Crippen LogP contribution in [0, 0.1) is 0 Å². The summed E-state index contributed by atoms with van der Waals surface area (Å²) in [6.07, 6.45) is 4.63. The Kier molecular flexibility index (Phi) is 6.26. The first-order chi connectivity index (χ1) is 8.04. The molecule has 0 spiro atoms. The van der Waals surface area contributed by atoms with Crippen LogP contribution in [0.1, 0.15) is 26.2 Å². The molecule has 1 rings (SSSR count). The van der Waals surface area contributed by atoms with Crippen LogP contribution in [0.4, 0.5) is 0 Å². The molecule has 1 heterocycles. The number of nitrogens with one attached hydrogen (secondary N) is 1. The summed E-state index contributed by atoms with van der Waals surface area (Å²) in [5.74, 6) is 0.867. The van der Waals surface area contributed by atoms with Crippen LogP contribution in [0.15, 0.2) is 0 Å². The van der Waals surface area contributed by atoms with Gasteiger partial charge in [-0.25, -0.2) is 12.7 Å². The molecule has 0 radical (unpaired) electrons. The van der Waals surface area contributed by atoms with Gasteiger partial charge in [0.2, 0.25) is 10.0 Å². The van der Waals surface area contributed by atoms with Gasteiger partial charge in [0.15, 0.2) is 0 Å². The minimum absolute atomic E-state index is 0.122. The van der Waals surface area contributed by atoms with E-state index in [0.717, 1.165) is 31.6 Å². The van der Waals surface area contributed by atoms with Crippen LogP contribution in [-0.4, -0.2) is 56.2 Å². The van der Waals surface area contributed by atoms with E-state index in [1.807, 2.05) is 13.2 Å². The summed E-state index contributed by atoms with van der Waals surface area (Å²) in [5, 5.41) is 2.93. The van der Waals surface area contributed by atoms with E-state index in [0.29, 0.717) is 6.54 Å². The monoisotopic (exact) mass is 280 g/mol. The third-order valence-corrected chi connectivity index (χ3v) is 6.48. The molecular weight excluding hydrogens is 256 g/mol. The van der Waals surface area contributed by atoms with E-state index in [4.69, 9.17) is 0 Å². The van der Waals surface area contributed by atoms with Gasteiger partial charge < -0.3 is 5.32 Å². The zero-order chi connectivity index (χ0) is 12.9. The van der Waals surface area contributed by atoms with Crippen molar-refractivity contribution in [2.24, 2.45) is 0 Å². The van der Waals surface area contributed by atoms with Gasteiger partial charge in [-0.2, -0.15) is 11.8 Å². The van der Waals surface area contributed by atoms with Crippen molar-refractivity contribution in [3.05, 3.63) is 0 Å². The standard InChI is InChI=1S/C11H24N2O2S2/c1-4-10(9-16-3)13(2)17(14,15)11-6-5-7-12-8-11/h10-12H,4-9H2,1-3H3. The summed E-state index contributed by atoms with van der Waals surface area (Å²) in [5.41, 5.74) is 0. The number of rotatable bonds is 6. The summed E-state index contributed by atoms with van der Waals surface area (Å²) < 4.78 is 26.5. The maximum Gasteiger partial charge on any atom is 0.218 e. The topological polar surface area (TPSA) is 49.4 Å². The van der Waals surface area contributed by atoms with Gasteiger partial charge in [-0.3, -0.25) is 0 Å². The molecule has 1 N–H and O–H groups in total. The number of sulfonamides is 1. The first kappa shape index (κ1) is 15.3. The molecule has 0 amide bonds. The second kappa shape index (κ2) is 6.97. The summed E-state index contributed by atoms with van der Waals surface area (Å²) in [6, 6.07) is 0.122. The third kappa shape index (κ3) is 3.84. The second-order valence-corrected chi connectivity index (χ2v) is 7.73. The van der Waals surface area contributed by atoms with E-state index in [9.17, 15) is 8.42 Å². The molecule has 0 aromatic rings. The Morgan fingerprint density at radius 2 is 2.24 bits per heavy atom. The largest absolute Gasteiger partial charge is 0.315 e. The van der Waals surface area contributed by atoms with E-state index < -0.39 is 10.0 Å². The molecule has 17 heavy (non-hydrogen) atoms. The SMILES string of the molecule is CCC(CSC)N(C)S(=O)(=O)C1CCCNC1. The number of nitrogens with zero attached hydrogens (tertiary/aromatic N) is 1. The highest BCUT2D eigenvalue weighted by Crippen LogP contribution is 2.20. The van der Waals surface area contributed by atoms with Crippen molar-refractivity contribution in [2.75, 3.05) is 32.1 Å². The molecule has 2 unspecified atom stereocenters. The summed E-state index contributed by atoms with van der Waals surface area (Å²) >= 11 is 1.70. The summed E-state index contributed by atoms with van der Waals surface area (Å²) in [4.78, 5) is 0. The van der Waals surface area contributed by atoms with Gasteiger partial charge in [-0.15, -0.1) is 0 Å². The average molecular weight is 280 g/mol. The molecule has 1 saturated heterocycles. The van der Waals surface area contributed by atoms with Crippen LogP contribution in [0.3, 0.4) is 0 Å². The first-order valence-corrected chi connectivity index (χ1v) is 9.10. The molecule has 0 aromatic heterocycles. The lowest BCUT2D eigenvalue weighted by molar-refractivity contribution is 0.370. The van der Waals surface area contributed by atoms with E-state index in [1.165, 1.54) is 0 Å². The number of thioether (sulfide) groups is 1. The van der Waals surface area contributed by atoms with E-state index in [2.05, 4.69) is 5.32 Å². The molecule has 1 fully saturated rings. The highest BCUT2D eigenvalue weighted by molar-refractivity contribution is 7.98. The molecule has 0 aromatic carbocycles. The molecule has 2 atom stereocenters. The maximum atomic E-state index is 12.4. The number of hydrogen-bond donors (Lipinski definition) is 1. The zero-order valence-electron chi connectivity index (χ0n) is 11.0. The molecule has 1 aliphatic rings. The van der Waals surface area contributed by atoms with E-state index in [1.54, 1.807) is 23.1 Å². The Labute approximate surface area is 110 Å². The first-order valence-electron chi connectivity index (χ1n) is 6.20. The molecule has 0 aliphatic carbocycles. The number of hydrogen-bond acceptors (Lipinski definition) is 4. The lowest BCUT2D eigenvalue weighted by atomic mass is 10.2. The lowest BCUT2D eigenvalue weighted by Gasteiger charge is -2.32. The molecular formula is C11H24N2O2S2. The summed E-state index contributed by atoms with van der Waals surface area (Å²) in [6.45, 7) is 3.59. The molecule has 1 aliphatic heterocycles. The fourth-order valence-corrected chi connectivity index (χ4v) is 5.03. The Morgan fingerprint density at radius 1 is 1.53 bits per heavy atom. The molecule has 0 saturated carbocycles. The van der Waals surface area contributed by atoms with Crippen LogP contribution in [-0.2, 0) is 10.0 Å². The predicted octanol–water partition coefficient (Wildman–Crippen LogP) is 1.14. The van der Waals surface area contributed by atoms with Crippen molar-refractivity contribution in [3.8, 4) is 0 Å². The maximum absolute atomic E-state index is 12.4. The summed E-state index contributed by atoms with van der Waals surface area (Å²) in [7, 11) is -1.41. The van der Waals surface area contributed by atoms with Crippen molar-refractivity contribution in [2.45, 2.75) is 37.5 Å². The highest BCUT2D eigenvalue weighted by atomic mass is 32.2. The van der Waals surface area contributed by atoms with E-state index >= 15 is 0 Å². The highest BCUT2D eigenvalue weighted by Gasteiger charge is 2.33. The second-order valence-electron chi connectivity index (χ2n) is 4.55. The minimum Gasteiger partial charge on any atom is -0.315 e. The van der Waals surface area contributed by atoms with Gasteiger partial charge >= 0.3 is 0 Å². The number of piperidine rings is 1. The van der Waals surface area contributed by atoms with Crippen molar-refractivity contribution in [3.63, 3.8) is 0 Å². The quantitative estimate of drug-likeness (QED) is 0.793.